The van der Waals surface area contributed by atoms with Crippen molar-refractivity contribution in [3.63, 3.8) is 0 Å². The van der Waals surface area contributed by atoms with Crippen molar-refractivity contribution < 1.29 is 9.53 Å². The number of nitrogens with zero attached hydrogens (tertiary/aromatic N) is 1. The molecule has 0 spiro atoms. The molecule has 1 rings (SSSR count). The van der Waals surface area contributed by atoms with Crippen LogP contribution in [0.5, 0.6) is 0 Å². The Hall–Kier alpha value is -0.980. The van der Waals surface area contributed by atoms with E-state index in [1.807, 2.05) is 5.38 Å². The SMILES string of the molecule is CCc1nc(CNC(=O)C(N)COC)cs1. The van der Waals surface area contributed by atoms with Gasteiger partial charge in [0.05, 0.1) is 23.9 Å². The first-order valence-corrected chi connectivity index (χ1v) is 6.00. The van der Waals surface area contributed by atoms with Crippen molar-refractivity contribution >= 4 is 17.2 Å². The Morgan fingerprint density at radius 3 is 3.06 bits per heavy atom. The van der Waals surface area contributed by atoms with Gasteiger partial charge in [0.15, 0.2) is 0 Å². The van der Waals surface area contributed by atoms with Gasteiger partial charge in [0, 0.05) is 12.5 Å². The molecule has 0 saturated heterocycles. The Kier molecular flexibility index (Phi) is 5.37. The molecule has 0 aliphatic carbocycles. The van der Waals surface area contributed by atoms with E-state index < -0.39 is 6.04 Å². The van der Waals surface area contributed by atoms with Crippen LogP contribution in [0, 0.1) is 0 Å². The van der Waals surface area contributed by atoms with Crippen LogP contribution in [0.4, 0.5) is 0 Å². The number of nitrogens with one attached hydrogen (secondary N) is 1. The van der Waals surface area contributed by atoms with Gasteiger partial charge in [-0.05, 0) is 6.42 Å². The largest absolute Gasteiger partial charge is 0.383 e. The summed E-state index contributed by atoms with van der Waals surface area (Å²) in [6.45, 7) is 2.70. The van der Waals surface area contributed by atoms with Gasteiger partial charge in [-0.15, -0.1) is 11.3 Å². The number of carbonyl (C=O) groups is 1. The fourth-order valence-electron chi connectivity index (χ4n) is 1.16. The smallest absolute Gasteiger partial charge is 0.239 e. The van der Waals surface area contributed by atoms with E-state index in [-0.39, 0.29) is 12.5 Å². The van der Waals surface area contributed by atoms with Crippen LogP contribution in [0.3, 0.4) is 0 Å². The van der Waals surface area contributed by atoms with E-state index in [2.05, 4.69) is 17.2 Å². The van der Waals surface area contributed by atoms with Gasteiger partial charge in [-0.1, -0.05) is 6.92 Å². The molecule has 1 unspecified atom stereocenters. The van der Waals surface area contributed by atoms with Crippen LogP contribution in [0.15, 0.2) is 5.38 Å². The highest BCUT2D eigenvalue weighted by Crippen LogP contribution is 2.09. The van der Waals surface area contributed by atoms with E-state index in [1.54, 1.807) is 11.3 Å². The van der Waals surface area contributed by atoms with Crippen molar-refractivity contribution in [2.45, 2.75) is 25.9 Å². The monoisotopic (exact) mass is 243 g/mol. The third-order valence-corrected chi connectivity index (χ3v) is 3.07. The predicted octanol–water partition coefficient (Wildman–Crippen LogP) is 0.295. The van der Waals surface area contributed by atoms with E-state index in [0.717, 1.165) is 17.1 Å². The minimum atomic E-state index is -0.616. The van der Waals surface area contributed by atoms with Crippen LogP contribution < -0.4 is 11.1 Å². The molecule has 6 heteroatoms. The van der Waals surface area contributed by atoms with Crippen LogP contribution in [-0.2, 0) is 22.5 Å². The number of methoxy groups -OCH3 is 1. The summed E-state index contributed by atoms with van der Waals surface area (Å²) >= 11 is 1.60. The number of hydrogen-bond acceptors (Lipinski definition) is 5. The van der Waals surface area contributed by atoms with Crippen molar-refractivity contribution in [2.24, 2.45) is 5.73 Å². The summed E-state index contributed by atoms with van der Waals surface area (Å²) in [6, 6.07) is -0.616. The van der Waals surface area contributed by atoms with Crippen molar-refractivity contribution in [3.05, 3.63) is 16.1 Å². The topological polar surface area (TPSA) is 77.2 Å². The second kappa shape index (κ2) is 6.57. The third-order valence-electron chi connectivity index (χ3n) is 2.03. The number of amides is 1. The maximum absolute atomic E-state index is 11.4. The highest BCUT2D eigenvalue weighted by Gasteiger charge is 2.12. The molecular formula is C10H17N3O2S. The van der Waals surface area contributed by atoms with Crippen LogP contribution in [0.2, 0.25) is 0 Å². The number of thiazole rings is 1. The lowest BCUT2D eigenvalue weighted by atomic mass is 10.3. The normalized spacial score (nSPS) is 12.4. The van der Waals surface area contributed by atoms with E-state index in [1.165, 1.54) is 7.11 Å². The Balaban J connectivity index is 2.36. The standard InChI is InChI=1S/C10H17N3O2S/c1-3-9-13-7(6-16-9)4-12-10(14)8(11)5-15-2/h6,8H,3-5,11H2,1-2H3,(H,12,14). The summed E-state index contributed by atoms with van der Waals surface area (Å²) in [5, 5.41) is 5.74. The van der Waals surface area contributed by atoms with Gasteiger partial charge in [0.1, 0.15) is 6.04 Å². The summed E-state index contributed by atoms with van der Waals surface area (Å²) < 4.78 is 4.80. The summed E-state index contributed by atoms with van der Waals surface area (Å²) in [5.74, 6) is -0.215. The fraction of sp³-hybridized carbons (Fsp3) is 0.600. The first-order chi connectivity index (χ1) is 7.67. The van der Waals surface area contributed by atoms with Crippen molar-refractivity contribution in [1.29, 1.82) is 0 Å². The number of rotatable bonds is 6. The van der Waals surface area contributed by atoms with Crippen LogP contribution in [-0.4, -0.2) is 30.6 Å². The molecule has 0 radical (unpaired) electrons. The zero-order valence-corrected chi connectivity index (χ0v) is 10.3. The molecule has 0 aliphatic heterocycles. The average molecular weight is 243 g/mol. The van der Waals surface area contributed by atoms with Gasteiger partial charge in [-0.25, -0.2) is 4.98 Å². The molecule has 0 aliphatic rings. The molecule has 0 saturated carbocycles. The molecule has 16 heavy (non-hydrogen) atoms. The maximum Gasteiger partial charge on any atom is 0.239 e. The van der Waals surface area contributed by atoms with Gasteiger partial charge in [0.2, 0.25) is 5.91 Å². The average Bonchev–Trinajstić information content (AvgIpc) is 2.74. The van der Waals surface area contributed by atoms with Crippen LogP contribution >= 0.6 is 11.3 Å². The molecule has 0 fully saturated rings. The molecule has 3 N–H and O–H groups in total. The lowest BCUT2D eigenvalue weighted by Gasteiger charge is -2.09. The lowest BCUT2D eigenvalue weighted by molar-refractivity contribution is -0.123. The number of ether oxygens (including phenoxy) is 1. The molecular weight excluding hydrogens is 226 g/mol. The second-order valence-electron chi connectivity index (χ2n) is 3.37. The zero-order valence-electron chi connectivity index (χ0n) is 9.53. The van der Waals surface area contributed by atoms with E-state index in [9.17, 15) is 4.79 Å². The number of carbonyl (C=O) groups excluding carboxylic acids is 1. The number of hydrogen-bond donors (Lipinski definition) is 2. The Morgan fingerprint density at radius 2 is 2.50 bits per heavy atom. The predicted molar refractivity (Wildman–Crippen MR) is 63.2 cm³/mol. The summed E-state index contributed by atoms with van der Waals surface area (Å²) in [5.41, 5.74) is 6.44. The number of nitrogens with two attached hydrogens (primary N) is 1. The van der Waals surface area contributed by atoms with E-state index in [4.69, 9.17) is 10.5 Å². The van der Waals surface area contributed by atoms with Crippen LogP contribution in [0.25, 0.3) is 0 Å². The minimum Gasteiger partial charge on any atom is -0.383 e. The molecule has 5 nitrogen and oxygen atoms in total. The fourth-order valence-corrected chi connectivity index (χ4v) is 1.90. The Bertz CT molecular complexity index is 341. The third kappa shape index (κ3) is 3.88. The minimum absolute atomic E-state index is 0.215. The van der Waals surface area contributed by atoms with Crippen molar-refractivity contribution in [3.8, 4) is 0 Å². The summed E-state index contributed by atoms with van der Waals surface area (Å²) in [4.78, 5) is 15.8. The molecule has 1 aromatic rings. The zero-order chi connectivity index (χ0) is 12.0. The van der Waals surface area contributed by atoms with Crippen molar-refractivity contribution in [2.75, 3.05) is 13.7 Å². The molecule has 1 aromatic heterocycles. The van der Waals surface area contributed by atoms with E-state index in [0.29, 0.717) is 6.54 Å². The van der Waals surface area contributed by atoms with Gasteiger partial charge in [0.25, 0.3) is 0 Å². The van der Waals surface area contributed by atoms with E-state index >= 15 is 0 Å². The molecule has 0 aromatic carbocycles. The van der Waals surface area contributed by atoms with Gasteiger partial charge < -0.3 is 15.8 Å². The first kappa shape index (κ1) is 13.1. The highest BCUT2D eigenvalue weighted by molar-refractivity contribution is 7.09. The quantitative estimate of drug-likeness (QED) is 0.753. The van der Waals surface area contributed by atoms with Crippen molar-refractivity contribution in [1.82, 2.24) is 10.3 Å². The molecule has 1 atom stereocenters. The maximum atomic E-state index is 11.4. The Morgan fingerprint density at radius 1 is 1.75 bits per heavy atom. The summed E-state index contributed by atoms with van der Waals surface area (Å²) in [6.07, 6.45) is 0.918. The first-order valence-electron chi connectivity index (χ1n) is 5.12. The molecule has 90 valence electrons. The van der Waals surface area contributed by atoms with Crippen LogP contribution in [0.1, 0.15) is 17.6 Å². The molecule has 0 bridgehead atoms. The highest BCUT2D eigenvalue weighted by atomic mass is 32.1. The lowest BCUT2D eigenvalue weighted by Crippen LogP contribution is -2.43. The number of aromatic nitrogens is 1. The Labute approximate surface area is 99.0 Å². The summed E-state index contributed by atoms with van der Waals surface area (Å²) in [7, 11) is 1.51. The number of aryl methyl sites for hydroxylation is 1. The van der Waals surface area contributed by atoms with Gasteiger partial charge in [-0.3, -0.25) is 4.79 Å². The van der Waals surface area contributed by atoms with Gasteiger partial charge >= 0.3 is 0 Å². The molecule has 1 heterocycles. The second-order valence-corrected chi connectivity index (χ2v) is 4.31. The molecule has 1 amide bonds. The van der Waals surface area contributed by atoms with Gasteiger partial charge in [-0.2, -0.15) is 0 Å².